The summed E-state index contributed by atoms with van der Waals surface area (Å²) in [6, 6.07) is 23.5. The smallest absolute Gasteiger partial charge is 0.507 e. The lowest BCUT2D eigenvalue weighted by Gasteiger charge is -2.22. The molecule has 5 nitrogen and oxygen atoms in total. The maximum atomic E-state index is 14.0. The number of aryl methyl sites for hydroxylation is 3. The Balaban J connectivity index is 1.75. The number of para-hydroxylation sites is 2. The van der Waals surface area contributed by atoms with Crippen molar-refractivity contribution in [1.29, 1.82) is 0 Å². The molecule has 0 saturated carbocycles. The van der Waals surface area contributed by atoms with Crippen LogP contribution in [-0.2, 0) is 11.0 Å². The van der Waals surface area contributed by atoms with Gasteiger partial charge in [0.05, 0.1) is 0 Å². The van der Waals surface area contributed by atoms with Gasteiger partial charge in [0, 0.05) is 10.8 Å². The van der Waals surface area contributed by atoms with Crippen molar-refractivity contribution in [2.75, 3.05) is 0 Å². The number of phosphoric acid groups is 1. The van der Waals surface area contributed by atoms with E-state index in [0.29, 0.717) is 28.0 Å². The molecule has 4 rings (SSSR count). The molecule has 6 heteroatoms. The van der Waals surface area contributed by atoms with Crippen molar-refractivity contribution in [3.63, 3.8) is 0 Å². The van der Waals surface area contributed by atoms with Gasteiger partial charge >= 0.3 is 7.82 Å². The van der Waals surface area contributed by atoms with Crippen LogP contribution >= 0.6 is 7.82 Å². The first-order valence-corrected chi connectivity index (χ1v) is 12.9. The molecule has 0 aliphatic rings. The summed E-state index contributed by atoms with van der Waals surface area (Å²) in [5.41, 5.74) is 2.73. The van der Waals surface area contributed by atoms with Crippen molar-refractivity contribution in [2.45, 2.75) is 40.0 Å². The molecule has 0 radical (unpaired) electrons. The van der Waals surface area contributed by atoms with E-state index in [0.717, 1.165) is 36.0 Å². The van der Waals surface area contributed by atoms with Crippen LogP contribution in [0.15, 0.2) is 78.9 Å². The number of phenolic OH excluding ortho intramolecular Hbond substituents is 1. The molecule has 0 amide bonds. The minimum Gasteiger partial charge on any atom is -0.507 e. The first-order chi connectivity index (χ1) is 16.4. The number of phenols is 1. The van der Waals surface area contributed by atoms with Gasteiger partial charge in [-0.1, -0.05) is 61.9 Å². The average Bonchev–Trinajstić information content (AvgIpc) is 2.83. The molecule has 0 heterocycles. The fourth-order valence-corrected chi connectivity index (χ4v) is 5.11. The number of rotatable bonds is 9. The quantitative estimate of drug-likeness (QED) is 0.247. The molecule has 0 spiro atoms. The van der Waals surface area contributed by atoms with Gasteiger partial charge in [-0.2, -0.15) is 4.57 Å². The van der Waals surface area contributed by atoms with Crippen molar-refractivity contribution < 1.29 is 23.2 Å². The lowest BCUT2D eigenvalue weighted by atomic mass is 10.0. The summed E-state index contributed by atoms with van der Waals surface area (Å²) >= 11 is 0. The maximum absolute atomic E-state index is 14.0. The summed E-state index contributed by atoms with van der Waals surface area (Å²) in [5.74, 6) is 1.25. The zero-order valence-corrected chi connectivity index (χ0v) is 20.5. The van der Waals surface area contributed by atoms with Gasteiger partial charge in [-0.15, -0.1) is 0 Å². The molecule has 4 aromatic rings. The van der Waals surface area contributed by atoms with Crippen LogP contribution < -0.4 is 13.6 Å². The Bertz CT molecular complexity index is 1300. The minimum atomic E-state index is -4.17. The van der Waals surface area contributed by atoms with E-state index in [1.807, 2.05) is 56.3 Å². The predicted molar refractivity (Wildman–Crippen MR) is 136 cm³/mol. The summed E-state index contributed by atoms with van der Waals surface area (Å²) in [7, 11) is -4.17. The SMILES string of the molecule is CCCCc1ccc2c(OP(=O)(Oc3ccccc3C)Oc3ccccc3C)ccc(O)c2c1. The van der Waals surface area contributed by atoms with Crippen molar-refractivity contribution in [3.8, 4) is 23.0 Å². The highest BCUT2D eigenvalue weighted by Gasteiger charge is 2.35. The van der Waals surface area contributed by atoms with Crippen molar-refractivity contribution in [2.24, 2.45) is 0 Å². The monoisotopic (exact) mass is 476 g/mol. The summed E-state index contributed by atoms with van der Waals surface area (Å²) < 4.78 is 31.8. The van der Waals surface area contributed by atoms with Crippen molar-refractivity contribution >= 4 is 18.6 Å². The van der Waals surface area contributed by atoms with Crippen LogP contribution in [0.25, 0.3) is 10.8 Å². The molecule has 176 valence electrons. The molecule has 1 N–H and O–H groups in total. The molecule has 0 fully saturated rings. The van der Waals surface area contributed by atoms with Crippen LogP contribution in [0.5, 0.6) is 23.0 Å². The van der Waals surface area contributed by atoms with E-state index in [2.05, 4.69) is 6.92 Å². The number of unbranched alkanes of at least 4 members (excludes halogenated alkanes) is 1. The van der Waals surface area contributed by atoms with Crippen LogP contribution in [0, 0.1) is 13.8 Å². The Morgan fingerprint density at radius 2 is 1.32 bits per heavy atom. The predicted octanol–water partition coefficient (Wildman–Crippen LogP) is 8.15. The summed E-state index contributed by atoms with van der Waals surface area (Å²) in [4.78, 5) is 0. The van der Waals surface area contributed by atoms with Crippen LogP contribution in [0.4, 0.5) is 0 Å². The van der Waals surface area contributed by atoms with E-state index in [9.17, 15) is 9.67 Å². The Hall–Kier alpha value is -3.43. The molecule has 0 unspecified atom stereocenters. The van der Waals surface area contributed by atoms with E-state index in [4.69, 9.17) is 13.6 Å². The highest BCUT2D eigenvalue weighted by atomic mass is 31.2. The number of aromatic hydroxyl groups is 1. The third-order valence-corrected chi connectivity index (χ3v) is 6.92. The van der Waals surface area contributed by atoms with E-state index < -0.39 is 7.82 Å². The molecule has 0 aliphatic heterocycles. The molecule has 0 bridgehead atoms. The second kappa shape index (κ2) is 10.2. The van der Waals surface area contributed by atoms with Crippen LogP contribution in [-0.4, -0.2) is 5.11 Å². The molecular formula is C28H29O5P. The van der Waals surface area contributed by atoms with E-state index in [1.54, 1.807) is 30.3 Å². The Morgan fingerprint density at radius 1 is 0.735 bits per heavy atom. The van der Waals surface area contributed by atoms with Gasteiger partial charge in [0.1, 0.15) is 23.0 Å². The minimum absolute atomic E-state index is 0.134. The summed E-state index contributed by atoms with van der Waals surface area (Å²) in [6.07, 6.45) is 3.07. The largest absolute Gasteiger partial charge is 0.647 e. The molecule has 0 saturated heterocycles. The van der Waals surface area contributed by atoms with E-state index >= 15 is 0 Å². The molecule has 0 aromatic heterocycles. The van der Waals surface area contributed by atoms with Gasteiger partial charge in [-0.3, -0.25) is 0 Å². The zero-order valence-electron chi connectivity index (χ0n) is 19.7. The van der Waals surface area contributed by atoms with Crippen molar-refractivity contribution in [3.05, 3.63) is 95.6 Å². The summed E-state index contributed by atoms with van der Waals surface area (Å²) in [5, 5.41) is 11.8. The van der Waals surface area contributed by atoms with Crippen LogP contribution in [0.1, 0.15) is 36.5 Å². The average molecular weight is 477 g/mol. The molecule has 0 atom stereocenters. The van der Waals surface area contributed by atoms with Gasteiger partial charge in [0.15, 0.2) is 0 Å². The number of phosphoric ester groups is 1. The van der Waals surface area contributed by atoms with E-state index in [-0.39, 0.29) is 5.75 Å². The van der Waals surface area contributed by atoms with Gasteiger partial charge < -0.3 is 18.7 Å². The Kier molecular flexibility index (Phi) is 7.14. The molecular weight excluding hydrogens is 447 g/mol. The normalized spacial score (nSPS) is 11.4. The lowest BCUT2D eigenvalue weighted by molar-refractivity contribution is 0.298. The number of fused-ring (bicyclic) bond motifs is 1. The first kappa shape index (κ1) is 23.7. The molecule has 4 aromatic carbocycles. The second-order valence-electron chi connectivity index (χ2n) is 8.32. The molecule has 0 aliphatic carbocycles. The van der Waals surface area contributed by atoms with Gasteiger partial charge in [0.25, 0.3) is 0 Å². The highest BCUT2D eigenvalue weighted by Crippen LogP contribution is 2.52. The van der Waals surface area contributed by atoms with E-state index in [1.165, 1.54) is 6.07 Å². The van der Waals surface area contributed by atoms with Gasteiger partial charge in [0.2, 0.25) is 0 Å². The maximum Gasteiger partial charge on any atom is 0.647 e. The number of hydrogen-bond donors (Lipinski definition) is 1. The Morgan fingerprint density at radius 3 is 1.91 bits per heavy atom. The van der Waals surface area contributed by atoms with Gasteiger partial charge in [-0.05, 0) is 73.7 Å². The standard InChI is InChI=1S/C28H29O5P/c1-4-5-12-22-15-16-23-24(19-22)25(29)17-18-28(23)33-34(30,31-26-13-8-6-10-20(26)2)32-27-14-9-7-11-21(27)3/h6-11,13-19,29H,4-5,12H2,1-3H3. The fourth-order valence-electron chi connectivity index (χ4n) is 3.70. The van der Waals surface area contributed by atoms with Crippen LogP contribution in [0.3, 0.4) is 0 Å². The molecule has 34 heavy (non-hydrogen) atoms. The third kappa shape index (κ3) is 5.37. The second-order valence-corrected chi connectivity index (χ2v) is 9.76. The van der Waals surface area contributed by atoms with Gasteiger partial charge in [-0.25, -0.2) is 0 Å². The number of benzene rings is 4. The fraction of sp³-hybridized carbons (Fsp3) is 0.214. The van der Waals surface area contributed by atoms with Crippen molar-refractivity contribution in [1.82, 2.24) is 0 Å². The first-order valence-electron chi connectivity index (χ1n) is 11.4. The zero-order chi connectivity index (χ0) is 24.1. The summed E-state index contributed by atoms with van der Waals surface area (Å²) in [6.45, 7) is 5.87. The lowest BCUT2D eigenvalue weighted by Crippen LogP contribution is -2.09. The van der Waals surface area contributed by atoms with Crippen LogP contribution in [0.2, 0.25) is 0 Å². The highest BCUT2D eigenvalue weighted by molar-refractivity contribution is 7.49. The third-order valence-electron chi connectivity index (χ3n) is 5.65. The Labute approximate surface area is 200 Å². The topological polar surface area (TPSA) is 65.0 Å². The number of hydrogen-bond acceptors (Lipinski definition) is 5.